The maximum atomic E-state index is 13.0. The fourth-order valence-corrected chi connectivity index (χ4v) is 6.31. The molecule has 8 heteroatoms. The highest BCUT2D eigenvalue weighted by molar-refractivity contribution is 5.39. The lowest BCUT2D eigenvalue weighted by Gasteiger charge is -2.42. The van der Waals surface area contributed by atoms with Crippen LogP contribution in [0.25, 0.3) is 0 Å². The predicted molar refractivity (Wildman–Crippen MR) is 141 cm³/mol. The van der Waals surface area contributed by atoms with E-state index in [0.717, 1.165) is 61.7 Å². The third-order valence-corrected chi connectivity index (χ3v) is 8.49. The molecule has 0 aromatic rings. The van der Waals surface area contributed by atoms with E-state index in [4.69, 9.17) is 0 Å². The average molecular weight is 553 g/mol. The molecule has 0 heterocycles. The lowest BCUT2D eigenvalue weighted by atomic mass is 9.62. The summed E-state index contributed by atoms with van der Waals surface area (Å²) in [6.45, 7) is 12.0. The van der Waals surface area contributed by atoms with E-state index in [9.17, 15) is 36.6 Å². The van der Waals surface area contributed by atoms with Gasteiger partial charge in [-0.05, 0) is 92.6 Å². The quantitative estimate of drug-likeness (QED) is 0.255. The van der Waals surface area contributed by atoms with Gasteiger partial charge in [0, 0.05) is 0 Å². The molecule has 0 radical (unpaired) electrons. The molecule has 3 aliphatic rings. The van der Waals surface area contributed by atoms with Crippen molar-refractivity contribution >= 4 is 0 Å². The number of alkyl halides is 6. The standard InChI is InChI=1S/C27H36F6O2.C2H6.CH4/c1-17(7-5-16-25(35,26(28,29)30)27(31,32)33)21-13-14-22-20(9-6-15-24(21,22)3)12-11-19-8-4-10-23(34)18(19)2;1-2;/h11-13,17,22-23,34-35H,2,4-10,14-16H2,1,3H3;1-2H3;1H4/b19-11-,20-12+;;/t17-,22?,23-,24+;;/m0../s1. The van der Waals surface area contributed by atoms with Gasteiger partial charge in [-0.3, -0.25) is 0 Å². The van der Waals surface area contributed by atoms with Crippen LogP contribution in [0.1, 0.15) is 99.3 Å². The van der Waals surface area contributed by atoms with Crippen molar-refractivity contribution in [3.63, 3.8) is 0 Å². The zero-order chi connectivity index (χ0) is 28.2. The summed E-state index contributed by atoms with van der Waals surface area (Å²) in [4.78, 5) is 0. The Balaban J connectivity index is 0.00000235. The first-order valence-electron chi connectivity index (χ1n) is 13.4. The first kappa shape index (κ1) is 34.5. The minimum Gasteiger partial charge on any atom is -0.388 e. The summed E-state index contributed by atoms with van der Waals surface area (Å²) in [6.07, 6.45) is -1.24. The summed E-state index contributed by atoms with van der Waals surface area (Å²) in [5.41, 5.74) is -0.647. The Morgan fingerprint density at radius 2 is 1.68 bits per heavy atom. The Bertz CT molecular complexity index is 881. The first-order valence-corrected chi connectivity index (χ1v) is 13.4. The van der Waals surface area contributed by atoms with Crippen LogP contribution in [0.5, 0.6) is 0 Å². The maximum Gasteiger partial charge on any atom is 0.426 e. The van der Waals surface area contributed by atoms with E-state index in [1.807, 2.05) is 20.8 Å². The van der Waals surface area contributed by atoms with E-state index >= 15 is 0 Å². The summed E-state index contributed by atoms with van der Waals surface area (Å²) in [5.74, 6) is 0.0660. The van der Waals surface area contributed by atoms with E-state index in [-0.39, 0.29) is 37.5 Å². The SMILES string of the molecule is C.C=C1/C(=C\C=C2/CCC[C@]3(C)C([C@@H](C)CCCC(O)(C(F)(F)F)C(F)(F)F)=CCC23)CCC[C@@H]1O.CC. The van der Waals surface area contributed by atoms with Crippen LogP contribution in [-0.4, -0.2) is 34.3 Å². The zero-order valence-corrected chi connectivity index (χ0v) is 22.4. The van der Waals surface area contributed by atoms with Gasteiger partial charge in [0.15, 0.2) is 0 Å². The van der Waals surface area contributed by atoms with Crippen LogP contribution in [0.15, 0.2) is 47.1 Å². The highest BCUT2D eigenvalue weighted by Gasteiger charge is 2.69. The van der Waals surface area contributed by atoms with Crippen LogP contribution >= 0.6 is 0 Å². The first-order chi connectivity index (χ1) is 17.1. The van der Waals surface area contributed by atoms with Crippen LogP contribution in [0, 0.1) is 17.3 Å². The van der Waals surface area contributed by atoms with Crippen molar-refractivity contribution in [2.75, 3.05) is 0 Å². The number of aliphatic hydroxyl groups excluding tert-OH is 1. The lowest BCUT2D eigenvalue weighted by Crippen LogP contribution is -2.56. The smallest absolute Gasteiger partial charge is 0.388 e. The summed E-state index contributed by atoms with van der Waals surface area (Å²) in [7, 11) is 0. The molecule has 2 saturated carbocycles. The highest BCUT2D eigenvalue weighted by Crippen LogP contribution is 2.57. The molecule has 0 aromatic heterocycles. The summed E-state index contributed by atoms with van der Waals surface area (Å²) in [6, 6.07) is 0. The van der Waals surface area contributed by atoms with Gasteiger partial charge in [-0.25, -0.2) is 0 Å². The van der Waals surface area contributed by atoms with Crippen molar-refractivity contribution in [3.05, 3.63) is 47.1 Å². The topological polar surface area (TPSA) is 40.5 Å². The molecule has 1 unspecified atom stereocenters. The van der Waals surface area contributed by atoms with Gasteiger partial charge in [-0.1, -0.05) is 71.1 Å². The van der Waals surface area contributed by atoms with Crippen molar-refractivity contribution in [1.29, 1.82) is 0 Å². The largest absolute Gasteiger partial charge is 0.426 e. The molecule has 2 fully saturated rings. The number of allylic oxidation sites excluding steroid dienone is 5. The monoisotopic (exact) mass is 552 g/mol. The van der Waals surface area contributed by atoms with Gasteiger partial charge in [-0.2, -0.15) is 26.3 Å². The Kier molecular flexibility index (Phi) is 12.0. The number of hydrogen-bond acceptors (Lipinski definition) is 2. The zero-order valence-electron chi connectivity index (χ0n) is 22.4. The molecule has 220 valence electrons. The van der Waals surface area contributed by atoms with Crippen LogP contribution in [0.3, 0.4) is 0 Å². The van der Waals surface area contributed by atoms with E-state index in [2.05, 4.69) is 31.7 Å². The van der Waals surface area contributed by atoms with Gasteiger partial charge in [-0.15, -0.1) is 0 Å². The lowest BCUT2D eigenvalue weighted by molar-refractivity contribution is -0.370. The summed E-state index contributed by atoms with van der Waals surface area (Å²) < 4.78 is 78.0. The Morgan fingerprint density at radius 3 is 2.26 bits per heavy atom. The molecule has 38 heavy (non-hydrogen) atoms. The summed E-state index contributed by atoms with van der Waals surface area (Å²) >= 11 is 0. The van der Waals surface area contributed by atoms with Gasteiger partial charge in [0.1, 0.15) is 0 Å². The molecule has 2 nitrogen and oxygen atoms in total. The molecule has 3 rings (SSSR count). The number of rotatable bonds is 6. The second-order valence-electron chi connectivity index (χ2n) is 10.7. The van der Waals surface area contributed by atoms with Crippen molar-refractivity contribution in [1.82, 2.24) is 0 Å². The molecule has 0 amide bonds. The molecule has 0 bridgehead atoms. The van der Waals surface area contributed by atoms with E-state index in [0.29, 0.717) is 0 Å². The van der Waals surface area contributed by atoms with Crippen LogP contribution in [0.2, 0.25) is 0 Å². The van der Waals surface area contributed by atoms with Crippen molar-refractivity contribution in [2.24, 2.45) is 17.3 Å². The Morgan fingerprint density at radius 1 is 1.08 bits per heavy atom. The van der Waals surface area contributed by atoms with E-state index < -0.39 is 30.5 Å². The van der Waals surface area contributed by atoms with Crippen molar-refractivity contribution in [2.45, 2.75) is 123 Å². The third kappa shape index (κ3) is 6.96. The van der Waals surface area contributed by atoms with Gasteiger partial charge in [0.25, 0.3) is 5.60 Å². The minimum atomic E-state index is -5.77. The number of fused-ring (bicyclic) bond motifs is 1. The number of halogens is 6. The molecule has 0 saturated heterocycles. The Labute approximate surface area is 224 Å². The van der Waals surface area contributed by atoms with Gasteiger partial charge in [0.2, 0.25) is 0 Å². The molecule has 0 aliphatic heterocycles. The maximum absolute atomic E-state index is 13.0. The van der Waals surface area contributed by atoms with Crippen LogP contribution < -0.4 is 0 Å². The molecule has 2 N–H and O–H groups in total. The molecular formula is C30H46F6O2. The van der Waals surface area contributed by atoms with Crippen molar-refractivity contribution < 1.29 is 36.6 Å². The number of aliphatic hydroxyl groups is 2. The highest BCUT2D eigenvalue weighted by atomic mass is 19.4. The second-order valence-corrected chi connectivity index (χ2v) is 10.7. The molecular weight excluding hydrogens is 506 g/mol. The van der Waals surface area contributed by atoms with Crippen molar-refractivity contribution in [3.8, 4) is 0 Å². The van der Waals surface area contributed by atoms with Crippen LogP contribution in [-0.2, 0) is 0 Å². The van der Waals surface area contributed by atoms with Crippen LogP contribution in [0.4, 0.5) is 26.3 Å². The van der Waals surface area contributed by atoms with Gasteiger partial charge in [0.05, 0.1) is 6.10 Å². The van der Waals surface area contributed by atoms with Gasteiger partial charge >= 0.3 is 12.4 Å². The fourth-order valence-electron chi connectivity index (χ4n) is 6.31. The Hall–Kier alpha value is -1.54. The molecule has 0 aromatic carbocycles. The molecule has 3 aliphatic carbocycles. The normalized spacial score (nSPS) is 29.3. The molecule has 0 spiro atoms. The fraction of sp³-hybridized carbons (Fsp3) is 0.733. The minimum absolute atomic E-state index is 0. The van der Waals surface area contributed by atoms with Gasteiger partial charge < -0.3 is 10.2 Å². The van der Waals surface area contributed by atoms with E-state index in [1.54, 1.807) is 0 Å². The number of hydrogen-bond donors (Lipinski definition) is 2. The average Bonchev–Trinajstić information content (AvgIpc) is 3.17. The third-order valence-electron chi connectivity index (χ3n) is 8.49. The van der Waals surface area contributed by atoms with E-state index in [1.165, 1.54) is 5.57 Å². The molecule has 4 atom stereocenters. The predicted octanol–water partition coefficient (Wildman–Crippen LogP) is 9.40. The summed E-state index contributed by atoms with van der Waals surface area (Å²) in [5, 5.41) is 19.5. The second kappa shape index (κ2) is 13.2.